The third kappa shape index (κ3) is 5.16. The summed E-state index contributed by atoms with van der Waals surface area (Å²) in [5.41, 5.74) is 2.03. The molecule has 12 nitrogen and oxygen atoms in total. The number of sulfonamides is 1. The van der Waals surface area contributed by atoms with Gasteiger partial charge in [-0.1, -0.05) is 0 Å². The summed E-state index contributed by atoms with van der Waals surface area (Å²) < 4.78 is 28.3. The van der Waals surface area contributed by atoms with E-state index in [1.807, 2.05) is 33.0 Å². The van der Waals surface area contributed by atoms with Gasteiger partial charge in [0.1, 0.15) is 22.7 Å². The van der Waals surface area contributed by atoms with Gasteiger partial charge in [0, 0.05) is 37.4 Å². The van der Waals surface area contributed by atoms with E-state index in [4.69, 9.17) is 0 Å². The third-order valence-electron chi connectivity index (χ3n) is 9.70. The molecule has 3 saturated heterocycles. The van der Waals surface area contributed by atoms with Gasteiger partial charge in [-0.15, -0.1) is 0 Å². The van der Waals surface area contributed by atoms with Crippen LogP contribution in [0, 0.1) is 13.8 Å². The van der Waals surface area contributed by atoms with E-state index in [2.05, 4.69) is 20.5 Å². The van der Waals surface area contributed by atoms with E-state index in [0.29, 0.717) is 49.4 Å². The number of hydrogen-bond acceptors (Lipinski definition) is 8. The Balaban J connectivity index is 1.13. The summed E-state index contributed by atoms with van der Waals surface area (Å²) in [5, 5.41) is 14.9. The molecular formula is C31H38N6O6S. The van der Waals surface area contributed by atoms with Gasteiger partial charge < -0.3 is 15.3 Å². The van der Waals surface area contributed by atoms with Crippen LogP contribution in [0.2, 0.25) is 0 Å². The number of carbonyl (C=O) groups is 3. The van der Waals surface area contributed by atoms with Gasteiger partial charge in [0.25, 0.3) is 11.8 Å². The predicted octanol–water partition coefficient (Wildman–Crippen LogP) is 1.81. The molecule has 234 valence electrons. The maximum atomic E-state index is 13.4. The number of imide groups is 1. The first-order valence-electron chi connectivity index (χ1n) is 15.0. The monoisotopic (exact) mass is 622 g/mol. The van der Waals surface area contributed by atoms with Crippen LogP contribution in [0.4, 0.5) is 10.5 Å². The smallest absolute Gasteiger partial charge is 0.329 e. The molecule has 2 spiro atoms. The highest BCUT2D eigenvalue weighted by molar-refractivity contribution is 7.89. The van der Waals surface area contributed by atoms with Crippen molar-refractivity contribution in [1.82, 2.24) is 19.8 Å². The van der Waals surface area contributed by atoms with Crippen molar-refractivity contribution >= 4 is 39.4 Å². The topological polar surface area (TPSA) is 152 Å². The molecule has 4 heterocycles. The number of anilines is 1. The third-order valence-corrected chi connectivity index (χ3v) is 11.6. The van der Waals surface area contributed by atoms with Crippen LogP contribution in [0.3, 0.4) is 0 Å². The summed E-state index contributed by atoms with van der Waals surface area (Å²) in [6, 6.07) is 9.73. The Morgan fingerprint density at radius 3 is 2.11 bits per heavy atom. The summed E-state index contributed by atoms with van der Waals surface area (Å²) in [6.07, 6.45) is 1.94. The number of aryl methyl sites for hydroxylation is 2. The van der Waals surface area contributed by atoms with E-state index in [1.54, 1.807) is 17.0 Å². The molecule has 0 aromatic heterocycles. The second-order valence-electron chi connectivity index (χ2n) is 12.4. The van der Waals surface area contributed by atoms with Crippen LogP contribution in [-0.4, -0.2) is 96.5 Å². The van der Waals surface area contributed by atoms with Crippen molar-refractivity contribution in [2.75, 3.05) is 43.9 Å². The molecule has 4 aliphatic heterocycles. The maximum Gasteiger partial charge on any atom is 0.329 e. The van der Waals surface area contributed by atoms with Crippen LogP contribution in [0.1, 0.15) is 47.9 Å². The fourth-order valence-electron chi connectivity index (χ4n) is 6.97. The van der Waals surface area contributed by atoms with Crippen LogP contribution >= 0.6 is 0 Å². The van der Waals surface area contributed by atoms with Crippen LogP contribution < -0.4 is 15.5 Å². The molecule has 13 heteroatoms. The van der Waals surface area contributed by atoms with Crippen molar-refractivity contribution in [3.8, 4) is 5.75 Å². The number of phenols is 1. The molecule has 0 atom stereocenters. The lowest BCUT2D eigenvalue weighted by Gasteiger charge is -2.41. The second-order valence-corrected chi connectivity index (χ2v) is 14.5. The lowest BCUT2D eigenvalue weighted by molar-refractivity contribution is -0.125. The zero-order valence-corrected chi connectivity index (χ0v) is 26.0. The van der Waals surface area contributed by atoms with Gasteiger partial charge in [0.2, 0.25) is 10.0 Å². The minimum atomic E-state index is -3.62. The summed E-state index contributed by atoms with van der Waals surface area (Å²) in [6.45, 7) is 5.60. The molecule has 0 radical (unpaired) electrons. The molecule has 6 rings (SSSR count). The van der Waals surface area contributed by atoms with Crippen molar-refractivity contribution in [2.24, 2.45) is 4.99 Å². The molecule has 3 fully saturated rings. The number of likely N-dealkylation sites (tertiary alicyclic amines) is 1. The molecule has 2 aromatic rings. The maximum absolute atomic E-state index is 13.4. The van der Waals surface area contributed by atoms with Crippen molar-refractivity contribution in [2.45, 2.75) is 57.0 Å². The zero-order chi connectivity index (χ0) is 31.4. The molecular weight excluding hydrogens is 584 g/mol. The van der Waals surface area contributed by atoms with Gasteiger partial charge in [0.05, 0.1) is 5.75 Å². The SMILES string of the molecule is Cc1cc(N2C(=O)NC(=O)C23CCN(C)CC3)cc(C)c1CCS(=O)(=O)N1CCC2(CC1)N=C(c1ccc(O)cc1)NC2=O. The van der Waals surface area contributed by atoms with Gasteiger partial charge in [-0.05, 0) is 106 Å². The second kappa shape index (κ2) is 11.0. The largest absolute Gasteiger partial charge is 0.508 e. The summed E-state index contributed by atoms with van der Waals surface area (Å²) >= 11 is 0. The van der Waals surface area contributed by atoms with Crippen LogP contribution in [0.5, 0.6) is 5.75 Å². The Kier molecular flexibility index (Phi) is 7.53. The minimum Gasteiger partial charge on any atom is -0.508 e. The molecule has 44 heavy (non-hydrogen) atoms. The zero-order valence-electron chi connectivity index (χ0n) is 25.2. The first-order valence-corrected chi connectivity index (χ1v) is 16.6. The Hall–Kier alpha value is -3.81. The molecule has 3 N–H and O–H groups in total. The Bertz CT molecular complexity index is 1630. The Labute approximate surface area is 257 Å². The fraction of sp³-hybridized carbons (Fsp3) is 0.484. The number of piperidine rings is 2. The number of urea groups is 1. The molecule has 4 amide bonds. The highest BCUT2D eigenvalue weighted by Crippen LogP contribution is 2.38. The number of rotatable bonds is 6. The molecule has 0 unspecified atom stereocenters. The number of carbonyl (C=O) groups excluding carboxylic acids is 3. The number of nitrogens with one attached hydrogen (secondary N) is 2. The molecule has 0 saturated carbocycles. The standard InChI is InChI=1S/C31H38N6O6S/c1-20-18-23(37-29(41)33-28(40)31(37)11-13-35(3)14-12-31)19-21(2)25(20)8-17-44(42,43)36-15-9-30(10-16-36)27(39)32-26(34-30)22-4-6-24(38)7-5-22/h4-7,18-19,38H,8-17H2,1-3H3,(H,32,34,39)(H,33,40,41). The number of amidine groups is 1. The van der Waals surface area contributed by atoms with Crippen LogP contribution in [0.25, 0.3) is 0 Å². The van der Waals surface area contributed by atoms with Crippen LogP contribution in [0.15, 0.2) is 41.4 Å². The van der Waals surface area contributed by atoms with Crippen LogP contribution in [-0.2, 0) is 26.0 Å². The molecule has 0 aliphatic carbocycles. The highest BCUT2D eigenvalue weighted by Gasteiger charge is 2.54. The normalized spacial score (nSPS) is 22.0. The minimum absolute atomic E-state index is 0.0891. The average Bonchev–Trinajstić information content (AvgIpc) is 3.41. The van der Waals surface area contributed by atoms with E-state index in [0.717, 1.165) is 16.7 Å². The first kappa shape index (κ1) is 30.2. The fourth-order valence-corrected chi connectivity index (χ4v) is 8.43. The Morgan fingerprint density at radius 2 is 1.50 bits per heavy atom. The van der Waals surface area contributed by atoms with Crippen molar-refractivity contribution in [3.05, 3.63) is 58.7 Å². The number of benzene rings is 2. The molecule has 4 aliphatic rings. The highest BCUT2D eigenvalue weighted by atomic mass is 32.2. The Morgan fingerprint density at radius 1 is 0.886 bits per heavy atom. The van der Waals surface area contributed by atoms with E-state index >= 15 is 0 Å². The number of hydrogen-bond donors (Lipinski definition) is 3. The molecule has 2 aromatic carbocycles. The number of nitrogens with zero attached hydrogens (tertiary/aromatic N) is 4. The van der Waals surface area contributed by atoms with Crippen molar-refractivity contribution in [1.29, 1.82) is 0 Å². The summed E-state index contributed by atoms with van der Waals surface area (Å²) in [7, 11) is -1.62. The van der Waals surface area contributed by atoms with Gasteiger partial charge >= 0.3 is 6.03 Å². The lowest BCUT2D eigenvalue weighted by atomic mass is 9.85. The predicted molar refractivity (Wildman–Crippen MR) is 165 cm³/mol. The summed E-state index contributed by atoms with van der Waals surface area (Å²) in [5.74, 6) is -0.0436. The van der Waals surface area contributed by atoms with E-state index < -0.39 is 27.1 Å². The van der Waals surface area contributed by atoms with Crippen molar-refractivity contribution in [3.63, 3.8) is 0 Å². The van der Waals surface area contributed by atoms with E-state index in [-0.39, 0.29) is 49.2 Å². The van der Waals surface area contributed by atoms with Gasteiger partial charge in [-0.25, -0.2) is 17.5 Å². The van der Waals surface area contributed by atoms with Crippen molar-refractivity contribution < 1.29 is 27.9 Å². The number of aromatic hydroxyl groups is 1. The average molecular weight is 623 g/mol. The van der Waals surface area contributed by atoms with Gasteiger partial charge in [-0.3, -0.25) is 24.8 Å². The number of amides is 4. The van der Waals surface area contributed by atoms with E-state index in [1.165, 1.54) is 16.4 Å². The quantitative estimate of drug-likeness (QED) is 0.416. The van der Waals surface area contributed by atoms with Gasteiger partial charge in [0.15, 0.2) is 0 Å². The summed E-state index contributed by atoms with van der Waals surface area (Å²) in [4.78, 5) is 47.2. The number of aliphatic imine (C=N–C) groups is 1. The lowest BCUT2D eigenvalue weighted by Crippen LogP contribution is -2.56. The number of phenolic OH excluding ortho intramolecular Hbond substituents is 1. The first-order chi connectivity index (χ1) is 20.8. The van der Waals surface area contributed by atoms with Gasteiger partial charge in [-0.2, -0.15) is 0 Å². The molecule has 0 bridgehead atoms. The van der Waals surface area contributed by atoms with E-state index in [9.17, 15) is 27.9 Å².